The van der Waals surface area contributed by atoms with Crippen LogP contribution >= 0.6 is 0 Å². The summed E-state index contributed by atoms with van der Waals surface area (Å²) in [6, 6.07) is 0. The molecular formula is C26H50O3. The molecule has 1 N–H and O–H groups in total. The van der Waals surface area contributed by atoms with Gasteiger partial charge in [0.25, 0.3) is 0 Å². The predicted octanol–water partition coefficient (Wildman–Crippen LogP) is 8.49. The quantitative estimate of drug-likeness (QED) is 0.136. The lowest BCUT2D eigenvalue weighted by molar-refractivity contribution is -0.146. The third-order valence-corrected chi connectivity index (χ3v) is 6.06. The van der Waals surface area contributed by atoms with Gasteiger partial charge in [-0.15, -0.1) is 0 Å². The van der Waals surface area contributed by atoms with E-state index in [0.29, 0.717) is 12.8 Å². The van der Waals surface area contributed by atoms with E-state index in [2.05, 4.69) is 13.8 Å². The molecule has 0 aromatic rings. The summed E-state index contributed by atoms with van der Waals surface area (Å²) < 4.78 is 0. The molecule has 3 nitrogen and oxygen atoms in total. The van der Waals surface area contributed by atoms with E-state index in [-0.39, 0.29) is 5.78 Å². The van der Waals surface area contributed by atoms with Crippen LogP contribution in [0.4, 0.5) is 0 Å². The first-order chi connectivity index (χ1) is 14.1. The maximum atomic E-state index is 12.1. The van der Waals surface area contributed by atoms with Crippen molar-refractivity contribution in [1.82, 2.24) is 0 Å². The molecule has 172 valence electrons. The van der Waals surface area contributed by atoms with Crippen molar-refractivity contribution in [1.29, 1.82) is 0 Å². The Morgan fingerprint density at radius 2 is 0.897 bits per heavy atom. The molecule has 0 aromatic heterocycles. The van der Waals surface area contributed by atoms with Gasteiger partial charge >= 0.3 is 5.97 Å². The summed E-state index contributed by atoms with van der Waals surface area (Å²) in [5, 5.41) is 9.30. The molecule has 1 unspecified atom stereocenters. The summed E-state index contributed by atoms with van der Waals surface area (Å²) >= 11 is 0. The first kappa shape index (κ1) is 28.1. The van der Waals surface area contributed by atoms with Crippen LogP contribution in [-0.4, -0.2) is 16.9 Å². The molecule has 29 heavy (non-hydrogen) atoms. The van der Waals surface area contributed by atoms with Gasteiger partial charge in [-0.2, -0.15) is 0 Å². The molecule has 0 spiro atoms. The van der Waals surface area contributed by atoms with E-state index in [1.165, 1.54) is 89.9 Å². The van der Waals surface area contributed by atoms with Crippen molar-refractivity contribution in [3.8, 4) is 0 Å². The minimum absolute atomic E-state index is 0.0630. The van der Waals surface area contributed by atoms with E-state index < -0.39 is 11.9 Å². The normalized spacial score (nSPS) is 12.2. The van der Waals surface area contributed by atoms with Crippen LogP contribution in [0.2, 0.25) is 0 Å². The monoisotopic (exact) mass is 410 g/mol. The molecule has 0 bridgehead atoms. The maximum absolute atomic E-state index is 12.1. The minimum atomic E-state index is -0.924. The number of hydrogen-bond acceptors (Lipinski definition) is 2. The number of unbranched alkanes of at least 4 members (excludes halogenated alkanes) is 17. The molecule has 1 atom stereocenters. The van der Waals surface area contributed by atoms with Gasteiger partial charge in [-0.1, -0.05) is 129 Å². The van der Waals surface area contributed by atoms with Gasteiger partial charge in [0.05, 0.1) is 0 Å². The van der Waals surface area contributed by atoms with Crippen molar-refractivity contribution in [2.24, 2.45) is 5.92 Å². The SMILES string of the molecule is CCCCCCCCCCCCCCCCCCC(C(=O)O)C(=O)CCCCC. The van der Waals surface area contributed by atoms with Gasteiger partial charge < -0.3 is 5.11 Å². The standard InChI is InChI=1S/C26H50O3/c1-3-5-7-8-9-10-11-12-13-14-15-16-17-18-19-21-22-24(26(28)29)25(27)23-20-6-4-2/h24H,3-23H2,1-2H3,(H,28,29). The molecule has 0 aliphatic rings. The van der Waals surface area contributed by atoms with E-state index >= 15 is 0 Å². The second-order valence-corrected chi connectivity index (χ2v) is 8.91. The Hall–Kier alpha value is -0.860. The number of aliphatic carboxylic acids is 1. The number of carboxylic acid groups (broad SMARTS) is 1. The number of hydrogen-bond donors (Lipinski definition) is 1. The smallest absolute Gasteiger partial charge is 0.314 e. The van der Waals surface area contributed by atoms with Gasteiger partial charge in [0.1, 0.15) is 11.7 Å². The fourth-order valence-electron chi connectivity index (χ4n) is 4.04. The Morgan fingerprint density at radius 1 is 0.552 bits per heavy atom. The fourth-order valence-corrected chi connectivity index (χ4v) is 4.04. The van der Waals surface area contributed by atoms with Gasteiger partial charge in [0.15, 0.2) is 0 Å². The average molecular weight is 411 g/mol. The van der Waals surface area contributed by atoms with Gasteiger partial charge in [-0.25, -0.2) is 0 Å². The predicted molar refractivity (Wildman–Crippen MR) is 124 cm³/mol. The molecule has 0 saturated heterocycles. The average Bonchev–Trinajstić information content (AvgIpc) is 2.70. The minimum Gasteiger partial charge on any atom is -0.481 e. The lowest BCUT2D eigenvalue weighted by Gasteiger charge is -2.11. The summed E-state index contributed by atoms with van der Waals surface area (Å²) in [5.41, 5.74) is 0. The lowest BCUT2D eigenvalue weighted by atomic mass is 9.93. The Kier molecular flexibility index (Phi) is 21.2. The van der Waals surface area contributed by atoms with Crippen LogP contribution in [0.15, 0.2) is 0 Å². The number of carbonyl (C=O) groups excluding carboxylic acids is 1. The Morgan fingerprint density at radius 3 is 1.28 bits per heavy atom. The van der Waals surface area contributed by atoms with E-state index in [9.17, 15) is 14.7 Å². The zero-order valence-corrected chi connectivity index (χ0v) is 19.7. The first-order valence-electron chi connectivity index (χ1n) is 12.9. The fraction of sp³-hybridized carbons (Fsp3) is 0.923. The highest BCUT2D eigenvalue weighted by atomic mass is 16.4. The number of carboxylic acids is 1. The molecule has 0 rings (SSSR count). The molecule has 0 amide bonds. The highest BCUT2D eigenvalue weighted by molar-refractivity contribution is 5.98. The van der Waals surface area contributed by atoms with Crippen LogP contribution in [0.5, 0.6) is 0 Å². The number of ketones is 1. The van der Waals surface area contributed by atoms with Crippen molar-refractivity contribution in [2.45, 2.75) is 149 Å². The van der Waals surface area contributed by atoms with E-state index in [4.69, 9.17) is 0 Å². The van der Waals surface area contributed by atoms with Gasteiger partial charge in [-0.3, -0.25) is 9.59 Å². The second-order valence-electron chi connectivity index (χ2n) is 8.91. The van der Waals surface area contributed by atoms with E-state index in [0.717, 1.165) is 32.1 Å². The number of carbonyl (C=O) groups is 2. The molecule has 0 fully saturated rings. The molecule has 0 aromatic carbocycles. The summed E-state index contributed by atoms with van der Waals surface area (Å²) in [6.07, 6.45) is 24.8. The third-order valence-electron chi connectivity index (χ3n) is 6.06. The zero-order valence-electron chi connectivity index (χ0n) is 19.7. The van der Waals surface area contributed by atoms with Crippen LogP contribution < -0.4 is 0 Å². The highest BCUT2D eigenvalue weighted by Gasteiger charge is 2.24. The van der Waals surface area contributed by atoms with Crippen LogP contribution in [0.25, 0.3) is 0 Å². The molecule has 0 radical (unpaired) electrons. The maximum Gasteiger partial charge on any atom is 0.314 e. The Bertz CT molecular complexity index is 378. The zero-order chi connectivity index (χ0) is 21.6. The Balaban J connectivity index is 3.44. The molecule has 0 saturated carbocycles. The third kappa shape index (κ3) is 18.9. The van der Waals surface area contributed by atoms with E-state index in [1.807, 2.05) is 0 Å². The van der Waals surface area contributed by atoms with Crippen molar-refractivity contribution < 1.29 is 14.7 Å². The summed E-state index contributed by atoms with van der Waals surface area (Å²) in [7, 11) is 0. The van der Waals surface area contributed by atoms with Crippen LogP contribution in [-0.2, 0) is 9.59 Å². The molecule has 0 aliphatic heterocycles. The lowest BCUT2D eigenvalue weighted by Crippen LogP contribution is -2.23. The molecule has 0 aliphatic carbocycles. The molecule has 0 heterocycles. The van der Waals surface area contributed by atoms with Crippen molar-refractivity contribution in [3.63, 3.8) is 0 Å². The summed E-state index contributed by atoms with van der Waals surface area (Å²) in [5.74, 6) is -1.75. The van der Waals surface area contributed by atoms with Gasteiger partial charge in [-0.05, 0) is 12.8 Å². The van der Waals surface area contributed by atoms with Crippen LogP contribution in [0.3, 0.4) is 0 Å². The summed E-state index contributed by atoms with van der Waals surface area (Å²) in [4.78, 5) is 23.4. The highest BCUT2D eigenvalue weighted by Crippen LogP contribution is 2.17. The Labute approximate surface area is 181 Å². The summed E-state index contributed by atoms with van der Waals surface area (Å²) in [6.45, 7) is 4.36. The number of rotatable bonds is 23. The topological polar surface area (TPSA) is 54.4 Å². The van der Waals surface area contributed by atoms with Crippen LogP contribution in [0.1, 0.15) is 149 Å². The first-order valence-corrected chi connectivity index (χ1v) is 12.9. The van der Waals surface area contributed by atoms with Crippen molar-refractivity contribution in [2.75, 3.05) is 0 Å². The molecular weight excluding hydrogens is 360 g/mol. The number of Topliss-reactive ketones (excluding diaryl/α,β-unsaturated/α-hetero) is 1. The van der Waals surface area contributed by atoms with E-state index in [1.54, 1.807) is 0 Å². The second kappa shape index (κ2) is 21.8. The van der Waals surface area contributed by atoms with Crippen LogP contribution in [0, 0.1) is 5.92 Å². The van der Waals surface area contributed by atoms with Crippen molar-refractivity contribution in [3.05, 3.63) is 0 Å². The van der Waals surface area contributed by atoms with Crippen molar-refractivity contribution >= 4 is 11.8 Å². The van der Waals surface area contributed by atoms with Gasteiger partial charge in [0, 0.05) is 6.42 Å². The molecule has 3 heteroatoms. The van der Waals surface area contributed by atoms with Gasteiger partial charge in [0.2, 0.25) is 0 Å². The largest absolute Gasteiger partial charge is 0.481 e.